The van der Waals surface area contributed by atoms with Crippen molar-refractivity contribution >= 4 is 0 Å². The van der Waals surface area contributed by atoms with Crippen LogP contribution in [0.5, 0.6) is 5.75 Å². The molecule has 2 rings (SSSR count). The Morgan fingerprint density at radius 2 is 2.05 bits per heavy atom. The molecular formula is C15H23N5O. The Morgan fingerprint density at radius 3 is 2.67 bits per heavy atom. The molecule has 2 aromatic rings. The van der Waals surface area contributed by atoms with Crippen molar-refractivity contribution in [3.05, 3.63) is 35.7 Å². The van der Waals surface area contributed by atoms with Gasteiger partial charge in [0.2, 0.25) is 5.82 Å². The molecular weight excluding hydrogens is 266 g/mol. The molecule has 6 nitrogen and oxygen atoms in total. The van der Waals surface area contributed by atoms with Gasteiger partial charge in [-0.25, -0.2) is 0 Å². The second kappa shape index (κ2) is 7.73. The highest BCUT2D eigenvalue weighted by molar-refractivity contribution is 5.27. The fourth-order valence-corrected chi connectivity index (χ4v) is 2.12. The van der Waals surface area contributed by atoms with Crippen LogP contribution >= 0.6 is 0 Å². The molecule has 114 valence electrons. The molecule has 0 saturated carbocycles. The van der Waals surface area contributed by atoms with E-state index < -0.39 is 0 Å². The standard InChI is InChI=1S/C15H23N5O/c1-4-16-12(2)5-6-13-7-9-14(10-8-13)21-11-15-17-19-20(3)18-15/h7-10,12,16H,4-6,11H2,1-3H3. The van der Waals surface area contributed by atoms with Gasteiger partial charge in [0, 0.05) is 6.04 Å². The van der Waals surface area contributed by atoms with Crippen molar-refractivity contribution < 1.29 is 4.74 Å². The third-order valence-electron chi connectivity index (χ3n) is 3.26. The predicted octanol–water partition coefficient (Wildman–Crippen LogP) is 1.72. The Labute approximate surface area is 125 Å². The normalized spacial score (nSPS) is 12.3. The Balaban J connectivity index is 1.78. The maximum atomic E-state index is 5.63. The van der Waals surface area contributed by atoms with Crippen molar-refractivity contribution in [2.75, 3.05) is 6.54 Å². The summed E-state index contributed by atoms with van der Waals surface area (Å²) in [6.07, 6.45) is 2.21. The molecule has 0 spiro atoms. The van der Waals surface area contributed by atoms with Crippen LogP contribution in [0, 0.1) is 0 Å². The maximum Gasteiger partial charge on any atom is 0.212 e. The van der Waals surface area contributed by atoms with Gasteiger partial charge in [-0.15, -0.1) is 10.2 Å². The topological polar surface area (TPSA) is 64.9 Å². The first-order valence-electron chi connectivity index (χ1n) is 7.35. The number of nitrogens with one attached hydrogen (secondary N) is 1. The number of benzene rings is 1. The number of tetrazole rings is 1. The average molecular weight is 289 g/mol. The van der Waals surface area contributed by atoms with Gasteiger partial charge in [0.15, 0.2) is 6.61 Å². The van der Waals surface area contributed by atoms with Gasteiger partial charge in [-0.3, -0.25) is 0 Å². The molecule has 1 atom stereocenters. The molecule has 21 heavy (non-hydrogen) atoms. The van der Waals surface area contributed by atoms with E-state index in [1.807, 2.05) is 12.1 Å². The number of aryl methyl sites for hydroxylation is 2. The number of aromatic nitrogens is 4. The largest absolute Gasteiger partial charge is 0.485 e. The van der Waals surface area contributed by atoms with Crippen LogP contribution in [-0.2, 0) is 20.1 Å². The van der Waals surface area contributed by atoms with E-state index in [0.29, 0.717) is 18.5 Å². The summed E-state index contributed by atoms with van der Waals surface area (Å²) in [5.74, 6) is 1.41. The van der Waals surface area contributed by atoms with E-state index in [1.54, 1.807) is 7.05 Å². The average Bonchev–Trinajstić information content (AvgIpc) is 2.90. The Kier molecular flexibility index (Phi) is 5.68. The van der Waals surface area contributed by atoms with Crippen LogP contribution in [0.3, 0.4) is 0 Å². The quantitative estimate of drug-likeness (QED) is 0.801. The van der Waals surface area contributed by atoms with Crippen molar-refractivity contribution in [2.45, 2.75) is 39.3 Å². The third kappa shape index (κ3) is 5.15. The molecule has 1 aromatic heterocycles. The van der Waals surface area contributed by atoms with Crippen molar-refractivity contribution in [1.82, 2.24) is 25.5 Å². The summed E-state index contributed by atoms with van der Waals surface area (Å²) in [7, 11) is 1.74. The summed E-state index contributed by atoms with van der Waals surface area (Å²) in [4.78, 5) is 1.42. The van der Waals surface area contributed by atoms with E-state index in [9.17, 15) is 0 Å². The lowest BCUT2D eigenvalue weighted by molar-refractivity contribution is 0.295. The van der Waals surface area contributed by atoms with E-state index in [2.05, 4.69) is 46.7 Å². The van der Waals surface area contributed by atoms with Gasteiger partial charge < -0.3 is 10.1 Å². The Morgan fingerprint density at radius 1 is 1.29 bits per heavy atom. The summed E-state index contributed by atoms with van der Waals surface area (Å²) in [6.45, 7) is 5.71. The van der Waals surface area contributed by atoms with E-state index >= 15 is 0 Å². The van der Waals surface area contributed by atoms with Gasteiger partial charge >= 0.3 is 0 Å². The van der Waals surface area contributed by atoms with Crippen LogP contribution in [0.25, 0.3) is 0 Å². The van der Waals surface area contributed by atoms with Crippen molar-refractivity contribution in [3.63, 3.8) is 0 Å². The van der Waals surface area contributed by atoms with E-state index in [4.69, 9.17) is 4.74 Å². The highest BCUT2D eigenvalue weighted by Crippen LogP contribution is 2.14. The fourth-order valence-electron chi connectivity index (χ4n) is 2.12. The zero-order valence-electron chi connectivity index (χ0n) is 12.9. The maximum absolute atomic E-state index is 5.63. The van der Waals surface area contributed by atoms with Crippen LogP contribution in [0.2, 0.25) is 0 Å². The number of hydrogen-bond acceptors (Lipinski definition) is 5. The molecule has 0 aliphatic carbocycles. The summed E-state index contributed by atoms with van der Waals surface area (Å²) < 4.78 is 5.63. The van der Waals surface area contributed by atoms with Gasteiger partial charge in [0.25, 0.3) is 0 Å². The van der Waals surface area contributed by atoms with Gasteiger partial charge in [-0.2, -0.15) is 4.80 Å². The van der Waals surface area contributed by atoms with Crippen LogP contribution in [0.1, 0.15) is 31.7 Å². The van der Waals surface area contributed by atoms with E-state index in [-0.39, 0.29) is 0 Å². The summed E-state index contributed by atoms with van der Waals surface area (Å²) >= 11 is 0. The first-order chi connectivity index (χ1) is 10.2. The lowest BCUT2D eigenvalue weighted by Crippen LogP contribution is -2.25. The molecule has 0 radical (unpaired) electrons. The van der Waals surface area contributed by atoms with Crippen LogP contribution < -0.4 is 10.1 Å². The molecule has 0 aliphatic heterocycles. The smallest absolute Gasteiger partial charge is 0.212 e. The Hall–Kier alpha value is -1.95. The molecule has 1 aromatic carbocycles. The van der Waals surface area contributed by atoms with Gasteiger partial charge in [0.05, 0.1) is 7.05 Å². The van der Waals surface area contributed by atoms with Crippen molar-refractivity contribution in [3.8, 4) is 5.75 Å². The molecule has 6 heteroatoms. The highest BCUT2D eigenvalue weighted by atomic mass is 16.5. The van der Waals surface area contributed by atoms with E-state index in [0.717, 1.165) is 25.1 Å². The fraction of sp³-hybridized carbons (Fsp3) is 0.533. The summed E-state index contributed by atoms with van der Waals surface area (Å²) in [5.41, 5.74) is 1.32. The molecule has 0 fully saturated rings. The molecule has 0 amide bonds. The minimum atomic E-state index is 0.338. The Bertz CT molecular complexity index is 537. The molecule has 0 saturated heterocycles. The number of nitrogens with zero attached hydrogens (tertiary/aromatic N) is 4. The molecule has 0 aliphatic rings. The minimum absolute atomic E-state index is 0.338. The zero-order chi connectivity index (χ0) is 15.1. The van der Waals surface area contributed by atoms with Crippen LogP contribution in [0.4, 0.5) is 0 Å². The third-order valence-corrected chi connectivity index (χ3v) is 3.26. The van der Waals surface area contributed by atoms with Crippen LogP contribution in [-0.4, -0.2) is 32.8 Å². The molecule has 1 heterocycles. The minimum Gasteiger partial charge on any atom is -0.485 e. The first kappa shape index (κ1) is 15.4. The second-order valence-corrected chi connectivity index (χ2v) is 5.13. The predicted molar refractivity (Wildman–Crippen MR) is 81.0 cm³/mol. The van der Waals surface area contributed by atoms with Gasteiger partial charge in [-0.05, 0) is 49.2 Å². The molecule has 1 unspecified atom stereocenters. The SMILES string of the molecule is CCNC(C)CCc1ccc(OCc2nnn(C)n2)cc1. The summed E-state index contributed by atoms with van der Waals surface area (Å²) in [6, 6.07) is 8.75. The second-order valence-electron chi connectivity index (χ2n) is 5.13. The lowest BCUT2D eigenvalue weighted by Gasteiger charge is -2.12. The van der Waals surface area contributed by atoms with Gasteiger partial charge in [-0.1, -0.05) is 19.1 Å². The number of hydrogen-bond donors (Lipinski definition) is 1. The zero-order valence-corrected chi connectivity index (χ0v) is 12.9. The van der Waals surface area contributed by atoms with E-state index in [1.165, 1.54) is 10.4 Å². The monoisotopic (exact) mass is 289 g/mol. The van der Waals surface area contributed by atoms with Crippen molar-refractivity contribution in [1.29, 1.82) is 0 Å². The summed E-state index contributed by atoms with van der Waals surface area (Å²) in [5, 5.41) is 15.1. The molecule has 1 N–H and O–H groups in total. The molecule has 0 bridgehead atoms. The van der Waals surface area contributed by atoms with Gasteiger partial charge in [0.1, 0.15) is 5.75 Å². The number of ether oxygens (including phenoxy) is 1. The number of rotatable bonds is 8. The first-order valence-corrected chi connectivity index (χ1v) is 7.35. The highest BCUT2D eigenvalue weighted by Gasteiger charge is 2.03. The lowest BCUT2D eigenvalue weighted by atomic mass is 10.1. The van der Waals surface area contributed by atoms with Crippen molar-refractivity contribution in [2.24, 2.45) is 7.05 Å². The van der Waals surface area contributed by atoms with Crippen LogP contribution in [0.15, 0.2) is 24.3 Å².